The number of hydrogen-bond donors (Lipinski definition) is 0. The summed E-state index contributed by atoms with van der Waals surface area (Å²) in [5, 5.41) is 4.56. The maximum Gasteiger partial charge on any atom is 0.181 e. The summed E-state index contributed by atoms with van der Waals surface area (Å²) in [7, 11) is 3.67. The van der Waals surface area contributed by atoms with Crippen LogP contribution in [0.4, 0.5) is 10.2 Å². The molecule has 30 heavy (non-hydrogen) atoms. The number of ether oxygens (including phenoxy) is 1. The van der Waals surface area contributed by atoms with Gasteiger partial charge in [0.2, 0.25) is 0 Å². The van der Waals surface area contributed by atoms with E-state index in [1.54, 1.807) is 24.5 Å². The third kappa shape index (κ3) is 3.40. The summed E-state index contributed by atoms with van der Waals surface area (Å²) in [5.41, 5.74) is 1.69. The molecule has 4 heterocycles. The summed E-state index contributed by atoms with van der Waals surface area (Å²) in [6, 6.07) is 4.55. The zero-order valence-electron chi connectivity index (χ0n) is 16.7. The highest BCUT2D eigenvalue weighted by Crippen LogP contribution is 2.43. The van der Waals surface area contributed by atoms with Crippen LogP contribution in [0.15, 0.2) is 30.6 Å². The van der Waals surface area contributed by atoms with Gasteiger partial charge in [-0.1, -0.05) is 24.6 Å². The Hall–Kier alpha value is -2.03. The molecule has 155 valence electrons. The number of nitrogens with zero attached hydrogens (tertiary/aromatic N) is 5. The van der Waals surface area contributed by atoms with E-state index in [1.807, 2.05) is 0 Å². The molecular weight excluding hydrogens is 421 g/mol. The molecule has 9 heteroatoms. The molecule has 0 N–H and O–H groups in total. The van der Waals surface area contributed by atoms with Crippen molar-refractivity contribution < 1.29 is 9.13 Å². The van der Waals surface area contributed by atoms with Gasteiger partial charge < -0.3 is 9.64 Å². The van der Waals surface area contributed by atoms with Crippen molar-refractivity contribution in [1.82, 2.24) is 19.7 Å². The Bertz CT molecular complexity index is 1060. The van der Waals surface area contributed by atoms with Crippen molar-refractivity contribution >= 4 is 38.8 Å². The van der Waals surface area contributed by atoms with E-state index in [1.165, 1.54) is 17.2 Å². The molecule has 1 aromatic carbocycles. The van der Waals surface area contributed by atoms with Crippen molar-refractivity contribution in [2.24, 2.45) is 11.3 Å². The number of anilines is 1. The fourth-order valence-corrected chi connectivity index (χ4v) is 5.09. The van der Waals surface area contributed by atoms with E-state index in [0.717, 1.165) is 38.4 Å². The molecule has 5 rings (SSSR count). The Kier molecular flexibility index (Phi) is 5.03. The van der Waals surface area contributed by atoms with Crippen molar-refractivity contribution in [1.29, 1.82) is 0 Å². The highest BCUT2D eigenvalue weighted by Gasteiger charge is 2.41. The lowest BCUT2D eigenvalue weighted by molar-refractivity contribution is -0.0687. The van der Waals surface area contributed by atoms with Crippen LogP contribution in [0.2, 0.25) is 5.02 Å². The lowest BCUT2D eigenvalue weighted by atomic mass is 9.72. The summed E-state index contributed by atoms with van der Waals surface area (Å²) in [6.45, 7) is 4.87. The zero-order valence-corrected chi connectivity index (χ0v) is 18.4. The molecule has 2 aromatic heterocycles. The lowest BCUT2D eigenvalue weighted by Crippen LogP contribution is -2.48. The van der Waals surface area contributed by atoms with Gasteiger partial charge in [-0.15, -0.1) is 0 Å². The largest absolute Gasteiger partial charge is 0.382 e. The summed E-state index contributed by atoms with van der Waals surface area (Å²) in [5.74, 6) is 0.877. The molecular formula is C21H22ClFN5OSi. The second-order valence-electron chi connectivity index (χ2n) is 8.46. The summed E-state index contributed by atoms with van der Waals surface area (Å²) >= 11 is 6.19. The van der Waals surface area contributed by atoms with Crippen molar-refractivity contribution in [3.8, 4) is 5.69 Å². The lowest BCUT2D eigenvalue weighted by Gasteiger charge is -2.47. The number of benzene rings is 1. The normalized spacial score (nSPS) is 23.9. The molecule has 6 nitrogen and oxygen atoms in total. The summed E-state index contributed by atoms with van der Waals surface area (Å²) in [4.78, 5) is 11.5. The average molecular weight is 443 g/mol. The van der Waals surface area contributed by atoms with Crippen molar-refractivity contribution in [3.63, 3.8) is 0 Å². The molecule has 2 aliphatic heterocycles. The highest BCUT2D eigenvalue weighted by atomic mass is 35.5. The molecule has 0 saturated carbocycles. The predicted molar refractivity (Wildman–Crippen MR) is 115 cm³/mol. The van der Waals surface area contributed by atoms with E-state index in [4.69, 9.17) is 21.3 Å². The van der Waals surface area contributed by atoms with Gasteiger partial charge in [0.25, 0.3) is 0 Å². The Morgan fingerprint density at radius 1 is 1.27 bits per heavy atom. The van der Waals surface area contributed by atoms with Crippen LogP contribution < -0.4 is 4.90 Å². The molecule has 0 bridgehead atoms. The van der Waals surface area contributed by atoms with Crippen LogP contribution in [0.5, 0.6) is 0 Å². The SMILES string of the molecule is C[C@H]1CC2(CCN(c3cnc4c(cnn4-c4c(F)cccc4Cl)n3)CC2)COC1[Si]. The van der Waals surface area contributed by atoms with Gasteiger partial charge in [0.15, 0.2) is 5.65 Å². The predicted octanol–water partition coefficient (Wildman–Crippen LogP) is 3.75. The van der Waals surface area contributed by atoms with Crippen LogP contribution in [-0.4, -0.2) is 55.4 Å². The molecule has 0 amide bonds. The summed E-state index contributed by atoms with van der Waals surface area (Å²) < 4.78 is 21.7. The van der Waals surface area contributed by atoms with Crippen molar-refractivity contribution in [2.75, 3.05) is 24.6 Å². The van der Waals surface area contributed by atoms with Crippen LogP contribution >= 0.6 is 11.6 Å². The van der Waals surface area contributed by atoms with Gasteiger partial charge >= 0.3 is 0 Å². The van der Waals surface area contributed by atoms with E-state index in [2.05, 4.69) is 32.1 Å². The molecule has 3 aromatic rings. The number of fused-ring (bicyclic) bond motifs is 1. The van der Waals surface area contributed by atoms with E-state index in [9.17, 15) is 4.39 Å². The number of para-hydroxylation sites is 1. The first-order valence-electron chi connectivity index (χ1n) is 10.2. The molecule has 1 spiro atoms. The van der Waals surface area contributed by atoms with Crippen LogP contribution in [0.25, 0.3) is 16.9 Å². The Labute approximate surface area is 182 Å². The summed E-state index contributed by atoms with van der Waals surface area (Å²) in [6.07, 6.45) is 6.66. The fraction of sp³-hybridized carbons (Fsp3) is 0.476. The fourth-order valence-electron chi connectivity index (χ4n) is 4.65. The number of rotatable bonds is 2. The molecule has 2 saturated heterocycles. The number of aromatic nitrogens is 4. The second kappa shape index (κ2) is 7.58. The van der Waals surface area contributed by atoms with Crippen molar-refractivity contribution in [3.05, 3.63) is 41.4 Å². The van der Waals surface area contributed by atoms with Crippen LogP contribution in [0.3, 0.4) is 0 Å². The van der Waals surface area contributed by atoms with E-state index in [-0.39, 0.29) is 21.9 Å². The molecule has 2 aliphatic rings. The molecule has 2 fully saturated rings. The Morgan fingerprint density at radius 2 is 2.07 bits per heavy atom. The maximum absolute atomic E-state index is 14.3. The Balaban J connectivity index is 1.37. The van der Waals surface area contributed by atoms with Gasteiger partial charge in [-0.05, 0) is 42.7 Å². The van der Waals surface area contributed by atoms with Gasteiger partial charge in [0.1, 0.15) is 22.8 Å². The minimum atomic E-state index is -0.450. The van der Waals surface area contributed by atoms with Crippen LogP contribution in [0, 0.1) is 17.2 Å². The number of piperidine rings is 1. The number of halogens is 2. The number of hydrogen-bond acceptors (Lipinski definition) is 5. The van der Waals surface area contributed by atoms with Crippen LogP contribution in [0.1, 0.15) is 26.2 Å². The van der Waals surface area contributed by atoms with Gasteiger partial charge in [-0.3, -0.25) is 0 Å². The van der Waals surface area contributed by atoms with Crippen LogP contribution in [-0.2, 0) is 4.74 Å². The average Bonchev–Trinajstić information content (AvgIpc) is 3.15. The third-order valence-electron chi connectivity index (χ3n) is 6.40. The molecule has 2 atom stereocenters. The van der Waals surface area contributed by atoms with E-state index in [0.29, 0.717) is 17.1 Å². The van der Waals surface area contributed by atoms with Gasteiger partial charge in [0.05, 0.1) is 34.3 Å². The van der Waals surface area contributed by atoms with Gasteiger partial charge in [0, 0.05) is 18.8 Å². The van der Waals surface area contributed by atoms with E-state index < -0.39 is 5.82 Å². The minimum absolute atomic E-state index is 0.154. The topological polar surface area (TPSA) is 56.1 Å². The molecule has 3 radical (unpaired) electrons. The quantitative estimate of drug-likeness (QED) is 0.566. The third-order valence-corrected chi connectivity index (χ3v) is 7.44. The first-order chi connectivity index (χ1) is 14.5. The van der Waals surface area contributed by atoms with Gasteiger partial charge in [-0.2, -0.15) is 5.10 Å². The molecule has 0 aliphatic carbocycles. The highest BCUT2D eigenvalue weighted by molar-refractivity contribution is 6.32. The van der Waals surface area contributed by atoms with E-state index >= 15 is 0 Å². The van der Waals surface area contributed by atoms with Crippen molar-refractivity contribution in [2.45, 2.75) is 31.9 Å². The van der Waals surface area contributed by atoms with Gasteiger partial charge in [-0.25, -0.2) is 19.0 Å². The Morgan fingerprint density at radius 3 is 2.80 bits per heavy atom. The standard InChI is InChI=1S/C21H22ClFN5OSi/c1-13-9-21(12-29-20(13)30)5-7-27(8-6-21)17-11-24-19-16(26-17)10-25-28(19)18-14(22)3-2-4-15(18)23/h2-4,10-11,13,20H,5-9,12H2,1H3/t13-,20?/m0/s1. The maximum atomic E-state index is 14.3. The zero-order chi connectivity index (χ0) is 20.9. The minimum Gasteiger partial charge on any atom is -0.382 e. The molecule has 1 unspecified atom stereocenters. The smallest absolute Gasteiger partial charge is 0.181 e. The monoisotopic (exact) mass is 442 g/mol. The first-order valence-corrected chi connectivity index (χ1v) is 11.1. The first kappa shape index (κ1) is 19.9. The second-order valence-corrected chi connectivity index (χ2v) is 9.44.